The summed E-state index contributed by atoms with van der Waals surface area (Å²) in [6, 6.07) is 16.1. The van der Waals surface area contributed by atoms with Crippen LogP contribution in [0.15, 0.2) is 65.7 Å². The van der Waals surface area contributed by atoms with Gasteiger partial charge in [0, 0.05) is 43.8 Å². The lowest BCUT2D eigenvalue weighted by atomic mass is 9.73. The fourth-order valence-corrected chi connectivity index (χ4v) is 6.15. The van der Waals surface area contributed by atoms with Crippen LogP contribution in [-0.2, 0) is 11.3 Å². The minimum atomic E-state index is -2.81. The van der Waals surface area contributed by atoms with E-state index in [0.29, 0.717) is 5.75 Å². The number of aromatic nitrogens is 2. The van der Waals surface area contributed by atoms with Gasteiger partial charge in [-0.1, -0.05) is 49.4 Å². The Bertz CT molecular complexity index is 1470. The van der Waals surface area contributed by atoms with Crippen LogP contribution in [0.4, 0.5) is 14.5 Å². The van der Waals surface area contributed by atoms with Gasteiger partial charge in [0.05, 0.1) is 12.1 Å². The number of likely N-dealkylation sites (tertiary alicyclic amines) is 1. The number of nitrogens with zero attached hydrogens (tertiary/aromatic N) is 3. The van der Waals surface area contributed by atoms with E-state index in [-0.39, 0.29) is 75.3 Å². The number of nitrogens with two attached hydrogens (primary N) is 2. The first-order valence-electron chi connectivity index (χ1n) is 14.8. The van der Waals surface area contributed by atoms with Gasteiger partial charge in [-0.2, -0.15) is 0 Å². The van der Waals surface area contributed by atoms with Gasteiger partial charge in [0.15, 0.2) is 5.69 Å². The standard InChI is InChI=1S/C32H39F2N5O4/c1-2-26(35)22-8-10-23(11-9-22)43-28-27(36)30(41)39(20-37-28)19-31(42)14-16-38(17-15-31)29(40)24-12-13-32(33,34)18-25(24)21-6-4-3-5-7-21/h3-11,20,24-26,42H,2,12-19,35-36H2,1H3/t24-,25+,26?/m1/s1. The Hall–Kier alpha value is -3.83. The monoisotopic (exact) mass is 595 g/mol. The van der Waals surface area contributed by atoms with Crippen LogP contribution in [0.2, 0.25) is 0 Å². The number of alkyl halides is 2. The van der Waals surface area contributed by atoms with Gasteiger partial charge in [0.25, 0.3) is 5.56 Å². The molecule has 2 aromatic carbocycles. The minimum Gasteiger partial charge on any atom is -0.437 e. The molecule has 1 aromatic heterocycles. The van der Waals surface area contributed by atoms with E-state index in [9.17, 15) is 23.5 Å². The number of nitrogen functional groups attached to an aromatic ring is 1. The Kier molecular flexibility index (Phi) is 8.84. The Labute approximate surface area is 249 Å². The van der Waals surface area contributed by atoms with Crippen molar-refractivity contribution in [3.8, 4) is 11.6 Å². The van der Waals surface area contributed by atoms with Gasteiger partial charge in [-0.25, -0.2) is 13.8 Å². The molecular formula is C32H39F2N5O4. The Balaban J connectivity index is 1.22. The van der Waals surface area contributed by atoms with E-state index in [1.165, 1.54) is 10.9 Å². The van der Waals surface area contributed by atoms with Gasteiger partial charge in [-0.3, -0.25) is 14.2 Å². The molecule has 2 heterocycles. The van der Waals surface area contributed by atoms with E-state index in [1.807, 2.05) is 25.1 Å². The lowest BCUT2D eigenvalue weighted by Crippen LogP contribution is -2.52. The average Bonchev–Trinajstić information content (AvgIpc) is 3.01. The number of rotatable bonds is 8. The molecule has 1 aliphatic carbocycles. The molecule has 1 saturated carbocycles. The highest BCUT2D eigenvalue weighted by molar-refractivity contribution is 5.80. The van der Waals surface area contributed by atoms with Gasteiger partial charge in [0.1, 0.15) is 12.1 Å². The second kappa shape index (κ2) is 12.4. The fourth-order valence-electron chi connectivity index (χ4n) is 6.15. The molecule has 0 bridgehead atoms. The number of aliphatic hydroxyl groups is 1. The third kappa shape index (κ3) is 6.88. The van der Waals surface area contributed by atoms with Gasteiger partial charge >= 0.3 is 0 Å². The molecule has 11 heteroatoms. The smallest absolute Gasteiger partial charge is 0.280 e. The van der Waals surface area contributed by atoms with E-state index < -0.39 is 28.9 Å². The van der Waals surface area contributed by atoms with Gasteiger partial charge in [-0.05, 0) is 48.9 Å². The van der Waals surface area contributed by atoms with Crippen molar-refractivity contribution in [2.45, 2.75) is 75.5 Å². The zero-order valence-electron chi connectivity index (χ0n) is 24.3. The summed E-state index contributed by atoms with van der Waals surface area (Å²) < 4.78 is 35.7. The number of hydrogen-bond acceptors (Lipinski definition) is 7. The van der Waals surface area contributed by atoms with Crippen LogP contribution in [0.1, 0.15) is 68.5 Å². The molecular weight excluding hydrogens is 556 g/mol. The van der Waals surface area contributed by atoms with Crippen molar-refractivity contribution in [3.05, 3.63) is 82.4 Å². The summed E-state index contributed by atoms with van der Waals surface area (Å²) in [5.74, 6) is -3.68. The van der Waals surface area contributed by atoms with Crippen LogP contribution in [0.5, 0.6) is 11.6 Å². The van der Waals surface area contributed by atoms with E-state index in [1.54, 1.807) is 41.3 Å². The van der Waals surface area contributed by atoms with Crippen molar-refractivity contribution in [1.29, 1.82) is 0 Å². The highest BCUT2D eigenvalue weighted by atomic mass is 19.3. The summed E-state index contributed by atoms with van der Waals surface area (Å²) in [7, 11) is 0. The van der Waals surface area contributed by atoms with Crippen molar-refractivity contribution < 1.29 is 23.4 Å². The van der Waals surface area contributed by atoms with Crippen LogP contribution in [-0.4, -0.2) is 50.1 Å². The number of carbonyl (C=O) groups is 1. The molecule has 5 rings (SSSR count). The molecule has 2 fully saturated rings. The highest BCUT2D eigenvalue weighted by Crippen LogP contribution is 2.46. The number of carbonyl (C=O) groups excluding carboxylic acids is 1. The fraction of sp³-hybridized carbons (Fsp3) is 0.469. The van der Waals surface area contributed by atoms with Crippen LogP contribution >= 0.6 is 0 Å². The summed E-state index contributed by atoms with van der Waals surface area (Å²) >= 11 is 0. The first kappa shape index (κ1) is 30.6. The average molecular weight is 596 g/mol. The summed E-state index contributed by atoms with van der Waals surface area (Å²) in [5.41, 5.74) is 11.8. The Morgan fingerprint density at radius 2 is 1.79 bits per heavy atom. The predicted molar refractivity (Wildman–Crippen MR) is 159 cm³/mol. The number of piperidine rings is 1. The normalized spacial score (nSPS) is 22.1. The number of halogens is 2. The highest BCUT2D eigenvalue weighted by Gasteiger charge is 2.46. The SMILES string of the molecule is CCC(N)c1ccc(Oc2ncn(CC3(O)CCN(C(=O)[C@@H]4CCC(F)(F)C[C@H]4c4ccccc4)CC3)c(=O)c2N)cc1. The largest absolute Gasteiger partial charge is 0.437 e. The lowest BCUT2D eigenvalue weighted by molar-refractivity contribution is -0.145. The maximum absolute atomic E-state index is 14.4. The predicted octanol–water partition coefficient (Wildman–Crippen LogP) is 4.60. The topological polar surface area (TPSA) is 137 Å². The van der Waals surface area contributed by atoms with Gasteiger partial charge in [-0.15, -0.1) is 0 Å². The molecule has 1 amide bonds. The zero-order chi connectivity index (χ0) is 30.8. The molecule has 1 aliphatic heterocycles. The van der Waals surface area contributed by atoms with Crippen molar-refractivity contribution in [2.24, 2.45) is 11.7 Å². The van der Waals surface area contributed by atoms with Crippen molar-refractivity contribution >= 4 is 11.6 Å². The minimum absolute atomic E-state index is 0.0350. The Morgan fingerprint density at radius 3 is 2.44 bits per heavy atom. The van der Waals surface area contributed by atoms with E-state index >= 15 is 0 Å². The molecule has 3 atom stereocenters. The van der Waals surface area contributed by atoms with E-state index in [0.717, 1.165) is 17.5 Å². The second-order valence-corrected chi connectivity index (χ2v) is 11.9. The zero-order valence-corrected chi connectivity index (χ0v) is 24.3. The molecule has 43 heavy (non-hydrogen) atoms. The van der Waals surface area contributed by atoms with E-state index in [4.69, 9.17) is 16.2 Å². The second-order valence-electron chi connectivity index (χ2n) is 11.9. The molecule has 2 aliphatic rings. The third-order valence-electron chi connectivity index (χ3n) is 8.84. The number of ether oxygens (including phenoxy) is 1. The van der Waals surface area contributed by atoms with Crippen LogP contribution in [0.25, 0.3) is 0 Å². The third-order valence-corrected chi connectivity index (χ3v) is 8.84. The molecule has 1 saturated heterocycles. The molecule has 230 valence electrons. The van der Waals surface area contributed by atoms with Crippen LogP contribution in [0, 0.1) is 5.92 Å². The molecule has 1 unspecified atom stereocenters. The molecule has 3 aromatic rings. The Morgan fingerprint density at radius 1 is 1.12 bits per heavy atom. The maximum Gasteiger partial charge on any atom is 0.280 e. The van der Waals surface area contributed by atoms with Crippen molar-refractivity contribution in [1.82, 2.24) is 14.5 Å². The first-order valence-corrected chi connectivity index (χ1v) is 14.8. The van der Waals surface area contributed by atoms with Gasteiger partial charge in [0.2, 0.25) is 17.7 Å². The number of hydrogen-bond donors (Lipinski definition) is 3. The molecule has 5 N–H and O–H groups in total. The summed E-state index contributed by atoms with van der Waals surface area (Å²) in [6.07, 6.45) is 1.95. The lowest BCUT2D eigenvalue weighted by Gasteiger charge is -2.42. The van der Waals surface area contributed by atoms with Crippen LogP contribution < -0.4 is 21.8 Å². The summed E-state index contributed by atoms with van der Waals surface area (Å²) in [6.45, 7) is 2.44. The van der Waals surface area contributed by atoms with Crippen molar-refractivity contribution in [3.63, 3.8) is 0 Å². The summed E-state index contributed by atoms with van der Waals surface area (Å²) in [4.78, 5) is 32.5. The molecule has 9 nitrogen and oxygen atoms in total. The first-order chi connectivity index (χ1) is 20.5. The molecule has 0 radical (unpaired) electrons. The van der Waals surface area contributed by atoms with Gasteiger partial charge < -0.3 is 26.2 Å². The van der Waals surface area contributed by atoms with Crippen molar-refractivity contribution in [2.75, 3.05) is 18.8 Å². The summed E-state index contributed by atoms with van der Waals surface area (Å²) in [5, 5.41) is 11.3. The maximum atomic E-state index is 14.4. The van der Waals surface area contributed by atoms with E-state index in [2.05, 4.69) is 4.98 Å². The molecule has 0 spiro atoms. The quantitative estimate of drug-likeness (QED) is 0.346. The van der Waals surface area contributed by atoms with Crippen LogP contribution in [0.3, 0.4) is 0 Å². The number of anilines is 1. The number of amides is 1. The number of benzene rings is 2.